The van der Waals surface area contributed by atoms with Gasteiger partial charge in [0, 0.05) is 0 Å². The van der Waals surface area contributed by atoms with Crippen molar-refractivity contribution in [1.29, 1.82) is 0 Å². The zero-order valence-corrected chi connectivity index (χ0v) is 77.5. The third-order valence-corrected chi connectivity index (χ3v) is 42.5. The summed E-state index contributed by atoms with van der Waals surface area (Å²) >= 11 is 0. The predicted molar refractivity (Wildman–Crippen MR) is 519 cm³/mol. The second-order valence-electron chi connectivity index (χ2n) is 28.2. The van der Waals surface area contributed by atoms with Crippen molar-refractivity contribution in [3.05, 3.63) is 473 Å². The van der Waals surface area contributed by atoms with Gasteiger partial charge in [0.1, 0.15) is 103 Å². The summed E-state index contributed by atoms with van der Waals surface area (Å²) in [6, 6.07) is 139. The summed E-state index contributed by atoms with van der Waals surface area (Å²) in [6.07, 6.45) is 0. The van der Waals surface area contributed by atoms with E-state index < -0.39 is 68.9 Å². The average Bonchev–Trinajstić information content (AvgIpc) is 0.735. The van der Waals surface area contributed by atoms with Gasteiger partial charge < -0.3 is 81.4 Å². The van der Waals surface area contributed by atoms with E-state index >= 15 is 0 Å². The summed E-state index contributed by atoms with van der Waals surface area (Å²) in [5, 5.41) is 0. The first-order valence-electron chi connectivity index (χ1n) is 41.0. The molecule has 3 aliphatic heterocycles. The summed E-state index contributed by atoms with van der Waals surface area (Å²) in [6.45, 7) is 0. The van der Waals surface area contributed by atoms with Crippen molar-refractivity contribution in [3.63, 3.8) is 0 Å². The lowest BCUT2D eigenvalue weighted by molar-refractivity contribution is 0.437. The molecular weight excluding hydrogens is 1850 g/mol. The Morgan fingerprint density at radius 3 is 0.212 bits per heavy atom. The molecule has 0 aliphatic carbocycles. The van der Waals surface area contributed by atoms with Gasteiger partial charge in [-0.05, 0) is 218 Å². The molecule has 132 heavy (non-hydrogen) atoms. The van der Waals surface area contributed by atoms with Crippen molar-refractivity contribution in [1.82, 2.24) is 0 Å². The standard InChI is InChI=1S/C96H78N9O18P9/c1-15-43-79(44-16-1)106-124(107-80-45-17-2-18-46-80)97-125(108-81-47-19-3-20-48-81,109-82-49-21-4-22-50-82)100-129(99-124,116-89-63-35-11-36-64-89)120-93-71-75-95(76-72-93)122-131(118-91-67-39-13-40-68-91)103-128(114-87-59-31-9-32-60-87,115-88-61-33-10-34-62-88)104-132(105-131,119-92-69-41-14-42-70-92)123-96-77-73-94(74-78-96)121-130(117-90-65-37-12-38-66-90)101-126(110-83-51-23-5-24-52-83,111-84-53-25-6-26-54-84)98-127(102-130,112-85-55-27-7-28-56-85)113-86-57-29-8-30-58-86/h1-78H. The van der Waals surface area contributed by atoms with Crippen LogP contribution in [0.5, 0.6) is 103 Å². The van der Waals surface area contributed by atoms with Crippen molar-refractivity contribution < 1.29 is 81.4 Å². The fourth-order valence-corrected chi connectivity index (χ4v) is 39.8. The van der Waals surface area contributed by atoms with Gasteiger partial charge >= 0.3 is 68.9 Å². The molecule has 0 radical (unpaired) electrons. The van der Waals surface area contributed by atoms with Crippen LogP contribution in [0, 0.1) is 0 Å². The molecule has 16 aromatic rings. The van der Waals surface area contributed by atoms with Crippen LogP contribution < -0.4 is 81.4 Å². The topological polar surface area (TPSA) is 277 Å². The summed E-state index contributed by atoms with van der Waals surface area (Å²) in [5.74, 6) is 4.88. The monoisotopic (exact) mass is 1920 g/mol. The van der Waals surface area contributed by atoms with Crippen molar-refractivity contribution in [2.24, 2.45) is 40.6 Å². The molecule has 19 rings (SSSR count). The minimum atomic E-state index is -4.63. The maximum atomic E-state index is 7.48. The van der Waals surface area contributed by atoms with Crippen LogP contribution in [0.25, 0.3) is 0 Å². The number of rotatable bonds is 36. The van der Waals surface area contributed by atoms with Crippen LogP contribution in [0.4, 0.5) is 0 Å². The van der Waals surface area contributed by atoms with Crippen LogP contribution in [0.15, 0.2) is 514 Å². The molecular formula is C96H78N9O18P9. The normalized spacial score (nSPS) is 18.8. The number of hydrogen-bond acceptors (Lipinski definition) is 27. The first kappa shape index (κ1) is 87.3. The molecule has 0 amide bonds. The first-order valence-corrected chi connectivity index (χ1v) is 54.7. The minimum Gasteiger partial charge on any atom is -0.413 e. The molecule has 0 bridgehead atoms. The fraction of sp³-hybridized carbons (Fsp3) is 0. The van der Waals surface area contributed by atoms with Crippen LogP contribution >= 0.6 is 68.9 Å². The maximum Gasteiger partial charge on any atom is 0.460 e. The molecule has 0 spiro atoms. The van der Waals surface area contributed by atoms with Crippen molar-refractivity contribution in [2.75, 3.05) is 0 Å². The lowest BCUT2D eigenvalue weighted by Crippen LogP contribution is -2.11. The third-order valence-electron chi connectivity index (χ3n) is 18.1. The lowest BCUT2D eigenvalue weighted by Gasteiger charge is -2.33. The number of benzene rings is 16. The smallest absolute Gasteiger partial charge is 0.413 e. The van der Waals surface area contributed by atoms with Gasteiger partial charge in [-0.2, -0.15) is 0 Å². The molecule has 0 fully saturated rings. The Balaban J connectivity index is 0.784. The van der Waals surface area contributed by atoms with Crippen LogP contribution in [0.1, 0.15) is 0 Å². The second kappa shape index (κ2) is 39.7. The number of para-hydroxylation sites is 14. The molecule has 660 valence electrons. The van der Waals surface area contributed by atoms with Gasteiger partial charge in [0.2, 0.25) is 0 Å². The van der Waals surface area contributed by atoms with E-state index in [1.165, 1.54) is 0 Å². The van der Waals surface area contributed by atoms with Gasteiger partial charge in [-0.25, -0.2) is 0 Å². The van der Waals surface area contributed by atoms with Crippen LogP contribution in [-0.4, -0.2) is 0 Å². The molecule has 3 heterocycles. The molecule has 36 heteroatoms. The second-order valence-corrected chi connectivity index (χ2v) is 46.7. The SMILES string of the molecule is c1ccc(OP2(Oc3ccccc3)=NP(Oc3ccccc3)(Oc3ccccc3)=NP(Oc3ccccc3)(Oc3ccc(OP4(Oc5ccccc5)=NP(Oc5ccccc5)(Oc5ccccc5)=NP(Oc5ccccc5)(Oc5ccc(OP6(Oc7ccccc7)=NP(Oc7ccccc7)(Oc7ccccc7)=NP(Oc7ccccc7)(Oc7ccccc7)=N6)cc5)=N4)cc3)=N2)cc1. The van der Waals surface area contributed by atoms with Gasteiger partial charge in [0.05, 0.1) is 0 Å². The largest absolute Gasteiger partial charge is 0.460 e. The molecule has 0 N–H and O–H groups in total. The van der Waals surface area contributed by atoms with E-state index in [1.54, 1.807) is 267 Å². The Bertz CT molecular complexity index is 6430. The fourth-order valence-electron chi connectivity index (χ4n) is 12.6. The van der Waals surface area contributed by atoms with Gasteiger partial charge in [-0.3, -0.25) is 0 Å². The Hall–Kier alpha value is -14.0. The molecule has 4 atom stereocenters. The van der Waals surface area contributed by atoms with Crippen LogP contribution in [0.2, 0.25) is 0 Å². The van der Waals surface area contributed by atoms with Crippen molar-refractivity contribution in [2.45, 2.75) is 0 Å². The molecule has 4 unspecified atom stereocenters. The van der Waals surface area contributed by atoms with E-state index in [4.69, 9.17) is 122 Å². The molecule has 16 aromatic carbocycles. The molecule has 0 saturated carbocycles. The van der Waals surface area contributed by atoms with E-state index in [1.807, 2.05) is 206 Å². The van der Waals surface area contributed by atoms with Gasteiger partial charge in [0.25, 0.3) is 0 Å². The van der Waals surface area contributed by atoms with Gasteiger partial charge in [0.15, 0.2) is 0 Å². The number of hydrogen-bond donors (Lipinski definition) is 0. The zero-order chi connectivity index (χ0) is 89.1. The molecule has 3 aliphatic rings. The van der Waals surface area contributed by atoms with E-state index in [2.05, 4.69) is 0 Å². The Morgan fingerprint density at radius 2 is 0.144 bits per heavy atom. The molecule has 0 saturated heterocycles. The Kier molecular flexibility index (Phi) is 26.3. The van der Waals surface area contributed by atoms with Gasteiger partial charge in [-0.15, -0.1) is 0 Å². The lowest BCUT2D eigenvalue weighted by atomic mass is 10.3. The van der Waals surface area contributed by atoms with Crippen LogP contribution in [0.3, 0.4) is 0 Å². The van der Waals surface area contributed by atoms with Crippen LogP contribution in [-0.2, 0) is 0 Å². The van der Waals surface area contributed by atoms with Crippen molar-refractivity contribution in [3.8, 4) is 103 Å². The Labute approximate surface area is 762 Å². The molecule has 27 nitrogen and oxygen atoms in total. The van der Waals surface area contributed by atoms with Gasteiger partial charge in [-0.1, -0.05) is 295 Å². The minimum absolute atomic E-state index is 0.107. The summed E-state index contributed by atoms with van der Waals surface area (Å²) in [7, 11) is -39.8. The zero-order valence-electron chi connectivity index (χ0n) is 69.4. The quantitative estimate of drug-likeness (QED) is 0.0330. The van der Waals surface area contributed by atoms with E-state index in [9.17, 15) is 0 Å². The van der Waals surface area contributed by atoms with E-state index in [-0.39, 0.29) is 46.0 Å². The first-order chi connectivity index (χ1) is 64.8. The van der Waals surface area contributed by atoms with Crippen molar-refractivity contribution >= 4 is 68.9 Å². The number of nitrogens with zero attached hydrogens (tertiary/aromatic N) is 9. The summed E-state index contributed by atoms with van der Waals surface area (Å²) < 4.78 is 179. The van der Waals surface area contributed by atoms with E-state index in [0.29, 0.717) is 57.5 Å². The van der Waals surface area contributed by atoms with E-state index in [0.717, 1.165) is 0 Å². The highest BCUT2D eigenvalue weighted by Crippen LogP contribution is 2.83. The average molecular weight is 1920 g/mol. The highest BCUT2D eigenvalue weighted by atomic mass is 31.3. The highest BCUT2D eigenvalue weighted by molar-refractivity contribution is 7.80. The Morgan fingerprint density at radius 1 is 0.0833 bits per heavy atom. The predicted octanol–water partition coefficient (Wildman–Crippen LogP) is 33.6. The highest BCUT2D eigenvalue weighted by Gasteiger charge is 2.53. The molecule has 0 aromatic heterocycles. The summed E-state index contributed by atoms with van der Waals surface area (Å²) in [4.78, 5) is 0. The maximum absolute atomic E-state index is 7.48. The third kappa shape index (κ3) is 22.3. The summed E-state index contributed by atoms with van der Waals surface area (Å²) in [5.41, 5.74) is 0.